The van der Waals surface area contributed by atoms with E-state index < -0.39 is 0 Å². The number of carbonyl (C=O) groups is 1. The van der Waals surface area contributed by atoms with Crippen LogP contribution >= 0.6 is 11.3 Å². The van der Waals surface area contributed by atoms with Gasteiger partial charge < -0.3 is 4.74 Å². The van der Waals surface area contributed by atoms with Gasteiger partial charge in [-0.2, -0.15) is 0 Å². The fraction of sp³-hybridized carbons (Fsp3) is 0.192. The highest BCUT2D eigenvalue weighted by Crippen LogP contribution is 2.41. The molecule has 0 atom stereocenters. The van der Waals surface area contributed by atoms with Gasteiger partial charge in [0.2, 0.25) is 0 Å². The summed E-state index contributed by atoms with van der Waals surface area (Å²) < 4.78 is 7.02. The van der Waals surface area contributed by atoms with Crippen LogP contribution in [0, 0.1) is 0 Å². The molecule has 0 bridgehead atoms. The van der Waals surface area contributed by atoms with Crippen molar-refractivity contribution in [3.8, 4) is 16.2 Å². The Morgan fingerprint density at radius 1 is 0.897 bits per heavy atom. The quantitative estimate of drug-likeness (QED) is 0.228. The number of ether oxygens (including phenoxy) is 1. The zero-order valence-electron chi connectivity index (χ0n) is 16.6. The molecule has 2 nitrogen and oxygen atoms in total. The minimum atomic E-state index is 0.0623. The van der Waals surface area contributed by atoms with Crippen molar-refractivity contribution in [2.24, 2.45) is 0 Å². The SMILES string of the molecule is CCCCCOc1ccc2c(C(=O)c3ccccc3)c(-c3ccccc3)sc2c1. The maximum atomic E-state index is 13.4. The summed E-state index contributed by atoms with van der Waals surface area (Å²) in [6, 6.07) is 25.7. The molecule has 3 aromatic carbocycles. The van der Waals surface area contributed by atoms with Gasteiger partial charge in [-0.15, -0.1) is 11.3 Å². The normalized spacial score (nSPS) is 10.9. The number of hydrogen-bond acceptors (Lipinski definition) is 3. The van der Waals surface area contributed by atoms with Crippen LogP contribution < -0.4 is 4.74 Å². The first-order valence-corrected chi connectivity index (χ1v) is 10.9. The summed E-state index contributed by atoms with van der Waals surface area (Å²) in [6.07, 6.45) is 3.42. The highest BCUT2D eigenvalue weighted by Gasteiger charge is 2.21. The van der Waals surface area contributed by atoms with E-state index in [9.17, 15) is 4.79 Å². The summed E-state index contributed by atoms with van der Waals surface area (Å²) in [5.74, 6) is 0.931. The van der Waals surface area contributed by atoms with Crippen LogP contribution in [0.3, 0.4) is 0 Å². The molecule has 0 aliphatic heterocycles. The third-order valence-electron chi connectivity index (χ3n) is 4.98. The summed E-state index contributed by atoms with van der Waals surface area (Å²) in [6.45, 7) is 2.92. The molecule has 0 aliphatic carbocycles. The Kier molecular flexibility index (Phi) is 6.06. The molecule has 1 aromatic heterocycles. The van der Waals surface area contributed by atoms with E-state index in [0.717, 1.165) is 44.9 Å². The fourth-order valence-corrected chi connectivity index (χ4v) is 4.69. The Bertz CT molecular complexity index is 1100. The van der Waals surface area contributed by atoms with Crippen molar-refractivity contribution in [1.82, 2.24) is 0 Å². The molecule has 29 heavy (non-hydrogen) atoms. The van der Waals surface area contributed by atoms with Gasteiger partial charge in [0, 0.05) is 26.1 Å². The molecular formula is C26H24O2S. The van der Waals surface area contributed by atoms with E-state index in [0.29, 0.717) is 5.56 Å². The van der Waals surface area contributed by atoms with E-state index >= 15 is 0 Å². The standard InChI is InChI=1S/C26H24O2S/c1-2-3-10-17-28-21-15-16-22-23(18-21)29-26(20-13-8-5-9-14-20)24(22)25(27)19-11-6-4-7-12-19/h4-9,11-16,18H,2-3,10,17H2,1H3. The number of hydrogen-bond donors (Lipinski definition) is 0. The average Bonchev–Trinajstić information content (AvgIpc) is 3.16. The van der Waals surface area contributed by atoms with Gasteiger partial charge >= 0.3 is 0 Å². The lowest BCUT2D eigenvalue weighted by atomic mass is 9.97. The molecular weight excluding hydrogens is 376 g/mol. The topological polar surface area (TPSA) is 26.3 Å². The lowest BCUT2D eigenvalue weighted by molar-refractivity contribution is 0.104. The van der Waals surface area contributed by atoms with Crippen LogP contribution in [-0.4, -0.2) is 12.4 Å². The highest BCUT2D eigenvalue weighted by atomic mass is 32.1. The van der Waals surface area contributed by atoms with E-state index in [1.807, 2.05) is 60.7 Å². The Labute approximate surface area is 175 Å². The van der Waals surface area contributed by atoms with Gasteiger partial charge in [-0.1, -0.05) is 80.4 Å². The van der Waals surface area contributed by atoms with Crippen molar-refractivity contribution in [2.45, 2.75) is 26.2 Å². The summed E-state index contributed by atoms with van der Waals surface area (Å²) >= 11 is 1.66. The lowest BCUT2D eigenvalue weighted by Gasteiger charge is -2.07. The van der Waals surface area contributed by atoms with Crippen LogP contribution in [0.25, 0.3) is 20.5 Å². The van der Waals surface area contributed by atoms with Gasteiger partial charge in [-0.3, -0.25) is 4.79 Å². The van der Waals surface area contributed by atoms with Crippen molar-refractivity contribution in [1.29, 1.82) is 0 Å². The molecule has 4 rings (SSSR count). The molecule has 146 valence electrons. The van der Waals surface area contributed by atoms with Gasteiger partial charge in [0.05, 0.1) is 6.61 Å². The second-order valence-electron chi connectivity index (χ2n) is 7.08. The number of thiophene rings is 1. The predicted molar refractivity (Wildman–Crippen MR) is 122 cm³/mol. The minimum Gasteiger partial charge on any atom is -0.494 e. The summed E-state index contributed by atoms with van der Waals surface area (Å²) in [7, 11) is 0. The van der Waals surface area contributed by atoms with Gasteiger partial charge in [-0.05, 0) is 30.2 Å². The number of unbranched alkanes of at least 4 members (excludes halogenated alkanes) is 2. The van der Waals surface area contributed by atoms with Gasteiger partial charge in [0.15, 0.2) is 5.78 Å². The predicted octanol–water partition coefficient (Wildman–Crippen LogP) is 7.37. The Hall–Kier alpha value is -2.91. The van der Waals surface area contributed by atoms with Crippen LogP contribution in [0.1, 0.15) is 42.1 Å². The smallest absolute Gasteiger partial charge is 0.195 e. The summed E-state index contributed by atoms with van der Waals surface area (Å²) in [4.78, 5) is 14.4. The van der Waals surface area contributed by atoms with E-state index in [4.69, 9.17) is 4.74 Å². The first-order chi connectivity index (χ1) is 14.3. The number of benzene rings is 3. The highest BCUT2D eigenvalue weighted by molar-refractivity contribution is 7.22. The second kappa shape index (κ2) is 9.06. The lowest BCUT2D eigenvalue weighted by Crippen LogP contribution is -2.02. The largest absolute Gasteiger partial charge is 0.494 e. The van der Waals surface area contributed by atoms with Crippen LogP contribution in [0.4, 0.5) is 0 Å². The van der Waals surface area contributed by atoms with E-state index in [-0.39, 0.29) is 5.78 Å². The molecule has 0 spiro atoms. The Balaban J connectivity index is 1.78. The van der Waals surface area contributed by atoms with Crippen LogP contribution in [0.2, 0.25) is 0 Å². The Morgan fingerprint density at radius 3 is 2.34 bits per heavy atom. The zero-order chi connectivity index (χ0) is 20.1. The monoisotopic (exact) mass is 400 g/mol. The van der Waals surface area contributed by atoms with Crippen molar-refractivity contribution in [2.75, 3.05) is 6.61 Å². The molecule has 0 radical (unpaired) electrons. The minimum absolute atomic E-state index is 0.0623. The molecule has 4 aromatic rings. The molecule has 0 fully saturated rings. The average molecular weight is 401 g/mol. The summed E-state index contributed by atoms with van der Waals surface area (Å²) in [5, 5.41) is 0.989. The Morgan fingerprint density at radius 2 is 1.62 bits per heavy atom. The molecule has 0 saturated carbocycles. The van der Waals surface area contributed by atoms with E-state index in [1.165, 1.54) is 12.8 Å². The van der Waals surface area contributed by atoms with Crippen LogP contribution in [0.15, 0.2) is 78.9 Å². The first kappa shape index (κ1) is 19.4. The number of ketones is 1. The summed E-state index contributed by atoms with van der Waals surface area (Å²) in [5.41, 5.74) is 2.56. The van der Waals surface area contributed by atoms with Crippen molar-refractivity contribution in [3.63, 3.8) is 0 Å². The molecule has 1 heterocycles. The molecule has 0 N–H and O–H groups in total. The molecule has 0 aliphatic rings. The van der Waals surface area contributed by atoms with Crippen LogP contribution in [0.5, 0.6) is 5.75 Å². The van der Waals surface area contributed by atoms with E-state index in [2.05, 4.69) is 25.1 Å². The van der Waals surface area contributed by atoms with Crippen molar-refractivity contribution in [3.05, 3.63) is 90.0 Å². The molecule has 0 unspecified atom stereocenters. The zero-order valence-corrected chi connectivity index (χ0v) is 17.4. The van der Waals surface area contributed by atoms with Crippen molar-refractivity contribution < 1.29 is 9.53 Å². The van der Waals surface area contributed by atoms with Gasteiger partial charge in [0.25, 0.3) is 0 Å². The maximum Gasteiger partial charge on any atom is 0.195 e. The molecule has 0 saturated heterocycles. The van der Waals surface area contributed by atoms with E-state index in [1.54, 1.807) is 11.3 Å². The van der Waals surface area contributed by atoms with Crippen molar-refractivity contribution >= 4 is 27.2 Å². The van der Waals surface area contributed by atoms with Gasteiger partial charge in [0.1, 0.15) is 5.75 Å². The molecule has 3 heteroatoms. The second-order valence-corrected chi connectivity index (χ2v) is 8.13. The van der Waals surface area contributed by atoms with Gasteiger partial charge in [-0.25, -0.2) is 0 Å². The number of carbonyl (C=O) groups excluding carboxylic acids is 1. The third-order valence-corrected chi connectivity index (χ3v) is 6.18. The van der Waals surface area contributed by atoms with Crippen LogP contribution in [-0.2, 0) is 0 Å². The third kappa shape index (κ3) is 4.25. The number of rotatable bonds is 8. The molecule has 0 amide bonds. The maximum absolute atomic E-state index is 13.4. The first-order valence-electron chi connectivity index (χ1n) is 10.1. The fourth-order valence-electron chi connectivity index (χ4n) is 3.46. The number of fused-ring (bicyclic) bond motifs is 1.